The SMILES string of the molecule is CC([C]1[CH][CH][CH][C]1P(C(C)(C)C)C(C)(C)C)P(c1ccccc1)c1ccccc1.CC([C]1[CH][CH][CH][C]1P(C(C)(C)C)C(C)(C)C)P(c1ccccc1)c1ccccc1.[CH]1[CH][CH][CH][CH]1.[CH]1[CH][CH][CH][CH]1.[Cl-].[Cl-].[Fe+2].[Fe+2].[Ir].[Ir]. The summed E-state index contributed by atoms with van der Waals surface area (Å²) >= 11 is 0. The van der Waals surface area contributed by atoms with Gasteiger partial charge in [0.1, 0.15) is 0 Å². The van der Waals surface area contributed by atoms with Crippen LogP contribution in [0.4, 0.5) is 0 Å². The monoisotopic (exact) mass is 1540 g/mol. The van der Waals surface area contributed by atoms with Gasteiger partial charge in [-0.25, -0.2) is 0 Å². The molecule has 0 heterocycles. The fourth-order valence-electron chi connectivity index (χ4n) is 9.89. The van der Waals surface area contributed by atoms with Crippen molar-refractivity contribution < 1.29 is 99.2 Å². The molecule has 0 aromatic heterocycles. The first-order chi connectivity index (χ1) is 32.2. The fraction of sp³-hybridized carbons (Fsp3) is 0.312. The molecule has 402 valence electrons. The second kappa shape index (κ2) is 37.6. The first-order valence-corrected chi connectivity index (χ1v) is 30.0. The Hall–Kier alpha value is 1.52. The Bertz CT molecular complexity index is 1720. The van der Waals surface area contributed by atoms with E-state index in [1.54, 1.807) is 23.2 Å². The molecule has 74 heavy (non-hydrogen) atoms. The summed E-state index contributed by atoms with van der Waals surface area (Å²) in [5.74, 6) is 3.11. The molecule has 0 spiro atoms. The van der Waals surface area contributed by atoms with Crippen LogP contribution in [-0.2, 0) is 74.3 Å². The van der Waals surface area contributed by atoms with Crippen molar-refractivity contribution in [1.29, 1.82) is 0 Å². The first kappa shape index (κ1) is 77.6. The van der Waals surface area contributed by atoms with Gasteiger partial charge in [0.05, 0.1) is 0 Å². The smallest absolute Gasteiger partial charge is 1.00 e. The molecule has 0 nitrogen and oxygen atoms in total. The van der Waals surface area contributed by atoms with Gasteiger partial charge in [0.2, 0.25) is 0 Å². The van der Waals surface area contributed by atoms with E-state index < -0.39 is 15.8 Å². The van der Waals surface area contributed by atoms with Crippen LogP contribution >= 0.6 is 31.7 Å². The van der Waals surface area contributed by atoms with Crippen LogP contribution in [0.5, 0.6) is 0 Å². The largest absolute Gasteiger partial charge is 2.00 e. The third-order valence-corrected chi connectivity index (χ3v) is 24.4. The van der Waals surface area contributed by atoms with Crippen LogP contribution in [0.1, 0.15) is 96.9 Å². The van der Waals surface area contributed by atoms with Crippen molar-refractivity contribution in [2.45, 2.75) is 129 Å². The maximum atomic E-state index is 2.45. The molecule has 4 saturated carbocycles. The minimum Gasteiger partial charge on any atom is -1.00 e. The molecule has 0 saturated heterocycles. The Morgan fingerprint density at radius 1 is 0.297 bits per heavy atom. The zero-order chi connectivity index (χ0) is 49.5. The zero-order valence-corrected chi connectivity index (χ0v) is 57.9. The molecular weight excluding hydrogens is 1460 g/mol. The first-order valence-electron chi connectivity index (χ1n) is 24.4. The van der Waals surface area contributed by atoms with Crippen molar-refractivity contribution in [3.63, 3.8) is 0 Å². The zero-order valence-electron chi connectivity index (χ0n) is 45.9. The van der Waals surface area contributed by atoms with Crippen molar-refractivity contribution in [1.82, 2.24) is 0 Å². The molecule has 22 radical (unpaired) electrons. The van der Waals surface area contributed by atoms with Crippen LogP contribution in [0.3, 0.4) is 0 Å². The van der Waals surface area contributed by atoms with Crippen LogP contribution in [0.25, 0.3) is 0 Å². The summed E-state index contributed by atoms with van der Waals surface area (Å²) in [7, 11) is -1.54. The number of rotatable bonds is 10. The molecule has 8 rings (SSSR count). The molecule has 0 bridgehead atoms. The summed E-state index contributed by atoms with van der Waals surface area (Å²) in [4.78, 5) is 0. The Labute approximate surface area is 523 Å². The molecule has 4 aromatic carbocycles. The van der Waals surface area contributed by atoms with Gasteiger partial charge in [-0.1, -0.05) is 234 Å². The van der Waals surface area contributed by atoms with Crippen molar-refractivity contribution in [2.24, 2.45) is 0 Å². The molecule has 10 heteroatoms. The molecule has 0 aliphatic heterocycles. The van der Waals surface area contributed by atoms with E-state index >= 15 is 0 Å². The Balaban J connectivity index is 0. The number of hydrogen-bond donors (Lipinski definition) is 0. The van der Waals surface area contributed by atoms with Gasteiger partial charge in [-0.3, -0.25) is 0 Å². The molecule has 4 aliphatic carbocycles. The van der Waals surface area contributed by atoms with Crippen LogP contribution < -0.4 is 46.0 Å². The Morgan fingerprint density at radius 2 is 0.486 bits per heavy atom. The maximum Gasteiger partial charge on any atom is 2.00 e. The summed E-state index contributed by atoms with van der Waals surface area (Å²) in [6.07, 6.45) is 34.2. The average Bonchev–Trinajstić information content (AvgIpc) is 4.15. The molecule has 4 aliphatic rings. The standard InChI is InChI=1S/2C27H35P2.2C5H5.2ClH.2Fe.2Ir/c2*1-21(24-19-14-20-25(24)29(26(2,3)4)27(5,6)7)28(22-15-10-8-11-16-22)23-17-12-9-13-18-23;2*1-2-4-5-3-1;;;;;;/h2*8-21H,1-7H3;2*1-5H;2*1H;;;;/q;;;;;;2*+2;;/p-2. The second-order valence-electron chi connectivity index (χ2n) is 21.4. The predicted octanol–water partition coefficient (Wildman–Crippen LogP) is 10.7. The van der Waals surface area contributed by atoms with E-state index in [-0.39, 0.29) is 136 Å². The number of halogens is 2. The minimum atomic E-state index is -0.465. The normalized spacial score (nSPS) is 17.3. The van der Waals surface area contributed by atoms with E-state index in [1.807, 2.05) is 64.2 Å². The van der Waals surface area contributed by atoms with E-state index in [0.29, 0.717) is 11.3 Å². The minimum absolute atomic E-state index is 0. The molecule has 0 amide bonds. The average molecular weight is 1540 g/mol. The third kappa shape index (κ3) is 23.8. The van der Waals surface area contributed by atoms with Gasteiger partial charge in [0.25, 0.3) is 0 Å². The van der Waals surface area contributed by atoms with Gasteiger partial charge in [0, 0.05) is 51.5 Å². The van der Waals surface area contributed by atoms with Crippen LogP contribution in [-0.4, -0.2) is 31.9 Å². The molecule has 2 atom stereocenters. The fourth-order valence-corrected chi connectivity index (χ4v) is 23.9. The van der Waals surface area contributed by atoms with Gasteiger partial charge < -0.3 is 24.8 Å². The molecule has 2 unspecified atom stereocenters. The van der Waals surface area contributed by atoms with Gasteiger partial charge in [-0.05, 0) is 184 Å². The van der Waals surface area contributed by atoms with E-state index in [2.05, 4.69) is 257 Å². The summed E-state index contributed by atoms with van der Waals surface area (Å²) in [5, 5.41) is 6.95. The quantitative estimate of drug-likeness (QED) is 0.110. The molecular formula is C64H80Cl2Fe2Ir2P4+2. The Morgan fingerprint density at radius 3 is 0.662 bits per heavy atom. The van der Waals surface area contributed by atoms with Crippen LogP contribution in [0.15, 0.2) is 121 Å². The van der Waals surface area contributed by atoms with E-state index in [9.17, 15) is 0 Å². The molecule has 4 aromatic rings. The van der Waals surface area contributed by atoms with Gasteiger partial charge in [-0.2, -0.15) is 0 Å². The van der Waals surface area contributed by atoms with E-state index in [1.165, 1.54) is 21.2 Å². The van der Waals surface area contributed by atoms with Crippen molar-refractivity contribution in [2.75, 3.05) is 0 Å². The summed E-state index contributed by atoms with van der Waals surface area (Å²) in [5.41, 5.74) is 4.17. The molecule has 4 fully saturated rings. The number of benzene rings is 4. The van der Waals surface area contributed by atoms with Gasteiger partial charge in [0.15, 0.2) is 0 Å². The molecule has 0 N–H and O–H groups in total. The number of hydrogen-bond acceptors (Lipinski definition) is 0. The van der Waals surface area contributed by atoms with Crippen molar-refractivity contribution in [3.8, 4) is 0 Å². The second-order valence-corrected chi connectivity index (χ2v) is 34.2. The van der Waals surface area contributed by atoms with Crippen molar-refractivity contribution in [3.05, 3.63) is 247 Å². The van der Waals surface area contributed by atoms with Gasteiger partial charge in [-0.15, -0.1) is 0 Å². The summed E-state index contributed by atoms with van der Waals surface area (Å²) in [6.45, 7) is 33.9. The Kier molecular flexibility index (Phi) is 39.4. The van der Waals surface area contributed by atoms with E-state index in [0.717, 1.165) is 0 Å². The summed E-state index contributed by atoms with van der Waals surface area (Å²) < 4.78 is 0. The van der Waals surface area contributed by atoms with E-state index in [4.69, 9.17) is 0 Å². The van der Waals surface area contributed by atoms with Gasteiger partial charge >= 0.3 is 34.1 Å². The predicted molar refractivity (Wildman–Crippen MR) is 312 cm³/mol. The maximum absolute atomic E-state index is 2.45. The van der Waals surface area contributed by atoms with Crippen molar-refractivity contribution >= 4 is 52.9 Å². The third-order valence-electron chi connectivity index (χ3n) is 11.7. The summed E-state index contributed by atoms with van der Waals surface area (Å²) in [6, 6.07) is 44.5. The van der Waals surface area contributed by atoms with Crippen LogP contribution in [0, 0.1) is 126 Å². The topological polar surface area (TPSA) is 0 Å². The van der Waals surface area contributed by atoms with Crippen LogP contribution in [0.2, 0.25) is 0 Å².